The standard InChI is InChI=1S/C20H22N2O5/c1-3-4-7-15-9-11-16(12-10-15)21-18(23)13-27-20(24)17-8-5-6-14(2)19(17)22(25)26/h5-6,8-12H,3-4,7,13H2,1-2H3,(H,21,23). The average molecular weight is 370 g/mol. The van der Waals surface area contributed by atoms with Crippen molar-refractivity contribution in [1.29, 1.82) is 0 Å². The number of anilines is 1. The van der Waals surface area contributed by atoms with Gasteiger partial charge in [0.15, 0.2) is 6.61 Å². The minimum Gasteiger partial charge on any atom is -0.452 e. The Morgan fingerprint density at radius 2 is 1.85 bits per heavy atom. The van der Waals surface area contributed by atoms with E-state index in [-0.39, 0.29) is 11.3 Å². The van der Waals surface area contributed by atoms with Crippen molar-refractivity contribution < 1.29 is 19.2 Å². The second-order valence-corrected chi connectivity index (χ2v) is 6.15. The van der Waals surface area contributed by atoms with Crippen LogP contribution in [0.5, 0.6) is 0 Å². The third-order valence-corrected chi connectivity index (χ3v) is 4.03. The maximum atomic E-state index is 12.1. The van der Waals surface area contributed by atoms with Gasteiger partial charge in [-0.2, -0.15) is 0 Å². The van der Waals surface area contributed by atoms with E-state index < -0.39 is 23.4 Å². The van der Waals surface area contributed by atoms with Gasteiger partial charge in [-0.3, -0.25) is 14.9 Å². The normalized spacial score (nSPS) is 10.3. The molecule has 1 N–H and O–H groups in total. The van der Waals surface area contributed by atoms with Gasteiger partial charge >= 0.3 is 5.97 Å². The molecule has 0 aliphatic rings. The summed E-state index contributed by atoms with van der Waals surface area (Å²) in [6.07, 6.45) is 3.20. The highest BCUT2D eigenvalue weighted by Gasteiger charge is 2.24. The Balaban J connectivity index is 1.93. The molecular formula is C20H22N2O5. The first-order chi connectivity index (χ1) is 12.9. The summed E-state index contributed by atoms with van der Waals surface area (Å²) in [7, 11) is 0. The number of nitrogens with zero attached hydrogens (tertiary/aromatic N) is 1. The molecule has 27 heavy (non-hydrogen) atoms. The Hall–Kier alpha value is -3.22. The molecule has 2 rings (SSSR count). The van der Waals surface area contributed by atoms with E-state index in [1.165, 1.54) is 30.7 Å². The van der Waals surface area contributed by atoms with Gasteiger partial charge in [-0.1, -0.05) is 37.6 Å². The number of para-hydroxylation sites is 1. The smallest absolute Gasteiger partial charge is 0.345 e. The third kappa shape index (κ3) is 5.64. The molecular weight excluding hydrogens is 348 g/mol. The molecule has 0 fully saturated rings. The van der Waals surface area contributed by atoms with Gasteiger partial charge in [0.2, 0.25) is 0 Å². The zero-order valence-electron chi connectivity index (χ0n) is 15.4. The highest BCUT2D eigenvalue weighted by atomic mass is 16.6. The molecule has 0 bridgehead atoms. The Labute approximate surface area is 157 Å². The number of aryl methyl sites for hydroxylation is 2. The van der Waals surface area contributed by atoms with E-state index in [4.69, 9.17) is 4.74 Å². The SMILES string of the molecule is CCCCc1ccc(NC(=O)COC(=O)c2cccc(C)c2[N+](=O)[O-])cc1. The first-order valence-electron chi connectivity index (χ1n) is 8.72. The average Bonchev–Trinajstić information content (AvgIpc) is 2.65. The second-order valence-electron chi connectivity index (χ2n) is 6.15. The lowest BCUT2D eigenvalue weighted by Gasteiger charge is -2.08. The van der Waals surface area contributed by atoms with Crippen LogP contribution in [0, 0.1) is 17.0 Å². The number of nitrogens with one attached hydrogen (secondary N) is 1. The van der Waals surface area contributed by atoms with E-state index in [0.29, 0.717) is 11.3 Å². The molecule has 0 saturated heterocycles. The molecule has 0 aromatic heterocycles. The van der Waals surface area contributed by atoms with Crippen molar-refractivity contribution in [3.05, 3.63) is 69.3 Å². The minimum absolute atomic E-state index is 0.173. The highest BCUT2D eigenvalue weighted by Crippen LogP contribution is 2.23. The first-order valence-corrected chi connectivity index (χ1v) is 8.72. The van der Waals surface area contributed by atoms with Crippen molar-refractivity contribution in [3.63, 3.8) is 0 Å². The second kappa shape index (κ2) is 9.47. The zero-order chi connectivity index (χ0) is 19.8. The van der Waals surface area contributed by atoms with Crippen LogP contribution in [-0.2, 0) is 16.0 Å². The van der Waals surface area contributed by atoms with Gasteiger partial charge in [-0.25, -0.2) is 4.79 Å². The highest BCUT2D eigenvalue weighted by molar-refractivity contribution is 5.97. The van der Waals surface area contributed by atoms with Gasteiger partial charge in [-0.05, 0) is 43.5 Å². The predicted molar refractivity (Wildman–Crippen MR) is 102 cm³/mol. The van der Waals surface area contributed by atoms with Crippen molar-refractivity contribution in [2.45, 2.75) is 33.1 Å². The number of hydrogen-bond acceptors (Lipinski definition) is 5. The van der Waals surface area contributed by atoms with Crippen molar-refractivity contribution in [3.8, 4) is 0 Å². The maximum Gasteiger partial charge on any atom is 0.345 e. The van der Waals surface area contributed by atoms with E-state index in [2.05, 4.69) is 12.2 Å². The number of nitro groups is 1. The van der Waals surface area contributed by atoms with Crippen molar-refractivity contribution >= 4 is 23.3 Å². The lowest BCUT2D eigenvalue weighted by atomic mass is 10.1. The molecule has 1 amide bonds. The quantitative estimate of drug-likeness (QED) is 0.429. The molecule has 7 nitrogen and oxygen atoms in total. The van der Waals surface area contributed by atoms with Crippen LogP contribution in [0.1, 0.15) is 41.3 Å². The predicted octanol–water partition coefficient (Wildman–Crippen LogP) is 4.04. The summed E-state index contributed by atoms with van der Waals surface area (Å²) in [5.74, 6) is -1.42. The fraction of sp³-hybridized carbons (Fsp3) is 0.300. The summed E-state index contributed by atoms with van der Waals surface area (Å²) in [5, 5.41) is 13.8. The van der Waals surface area contributed by atoms with E-state index in [1.54, 1.807) is 12.1 Å². The zero-order valence-corrected chi connectivity index (χ0v) is 15.4. The first kappa shape index (κ1) is 20.1. The largest absolute Gasteiger partial charge is 0.452 e. The van der Waals surface area contributed by atoms with Gasteiger partial charge in [0.1, 0.15) is 5.56 Å². The summed E-state index contributed by atoms with van der Waals surface area (Å²) in [5.41, 5.74) is 1.64. The van der Waals surface area contributed by atoms with Crippen LogP contribution in [0.2, 0.25) is 0 Å². The van der Waals surface area contributed by atoms with Crippen LogP contribution in [0.3, 0.4) is 0 Å². The van der Waals surface area contributed by atoms with Crippen molar-refractivity contribution in [2.75, 3.05) is 11.9 Å². The number of amides is 1. The number of unbranched alkanes of at least 4 members (excludes halogenated alkanes) is 1. The molecule has 0 atom stereocenters. The number of carbonyl (C=O) groups is 2. The van der Waals surface area contributed by atoms with Crippen LogP contribution in [0.4, 0.5) is 11.4 Å². The fourth-order valence-electron chi connectivity index (χ4n) is 2.61. The molecule has 0 radical (unpaired) electrons. The monoisotopic (exact) mass is 370 g/mol. The van der Waals surface area contributed by atoms with E-state index in [9.17, 15) is 19.7 Å². The molecule has 2 aromatic rings. The Kier molecular flexibility index (Phi) is 7.05. The number of ether oxygens (including phenoxy) is 1. The lowest BCUT2D eigenvalue weighted by Crippen LogP contribution is -2.21. The summed E-state index contributed by atoms with van der Waals surface area (Å²) < 4.78 is 4.93. The summed E-state index contributed by atoms with van der Waals surface area (Å²) in [6.45, 7) is 3.13. The van der Waals surface area contributed by atoms with Crippen LogP contribution in [0.15, 0.2) is 42.5 Å². The summed E-state index contributed by atoms with van der Waals surface area (Å²) in [6, 6.07) is 11.8. The number of carbonyl (C=O) groups excluding carboxylic acids is 2. The third-order valence-electron chi connectivity index (χ3n) is 4.03. The van der Waals surface area contributed by atoms with Gasteiger partial charge in [0.25, 0.3) is 11.6 Å². The number of benzene rings is 2. The van der Waals surface area contributed by atoms with E-state index in [1.807, 2.05) is 12.1 Å². The van der Waals surface area contributed by atoms with Crippen molar-refractivity contribution in [1.82, 2.24) is 0 Å². The van der Waals surface area contributed by atoms with E-state index >= 15 is 0 Å². The molecule has 0 unspecified atom stereocenters. The number of esters is 1. The van der Waals surface area contributed by atoms with Crippen LogP contribution in [0.25, 0.3) is 0 Å². The molecule has 142 valence electrons. The van der Waals surface area contributed by atoms with Crippen LogP contribution in [-0.4, -0.2) is 23.4 Å². The fourth-order valence-corrected chi connectivity index (χ4v) is 2.61. The molecule has 0 aliphatic carbocycles. The Bertz CT molecular complexity index is 831. The Morgan fingerprint density at radius 3 is 2.48 bits per heavy atom. The van der Waals surface area contributed by atoms with E-state index in [0.717, 1.165) is 19.3 Å². The van der Waals surface area contributed by atoms with Gasteiger partial charge < -0.3 is 10.1 Å². The minimum atomic E-state index is -0.907. The molecule has 2 aromatic carbocycles. The van der Waals surface area contributed by atoms with Gasteiger partial charge in [-0.15, -0.1) is 0 Å². The van der Waals surface area contributed by atoms with Gasteiger partial charge in [0, 0.05) is 11.3 Å². The van der Waals surface area contributed by atoms with Crippen LogP contribution < -0.4 is 5.32 Å². The van der Waals surface area contributed by atoms with Crippen molar-refractivity contribution in [2.24, 2.45) is 0 Å². The van der Waals surface area contributed by atoms with Gasteiger partial charge in [0.05, 0.1) is 4.92 Å². The maximum absolute atomic E-state index is 12.1. The molecule has 0 heterocycles. The van der Waals surface area contributed by atoms with Crippen LogP contribution >= 0.6 is 0 Å². The number of hydrogen-bond donors (Lipinski definition) is 1. The molecule has 0 aliphatic heterocycles. The Morgan fingerprint density at radius 1 is 1.15 bits per heavy atom. The molecule has 7 heteroatoms. The lowest BCUT2D eigenvalue weighted by molar-refractivity contribution is -0.385. The number of rotatable bonds is 8. The molecule has 0 saturated carbocycles. The summed E-state index contributed by atoms with van der Waals surface area (Å²) in [4.78, 5) is 34.6. The topological polar surface area (TPSA) is 98.5 Å². The molecule has 0 spiro atoms. The summed E-state index contributed by atoms with van der Waals surface area (Å²) >= 11 is 0. The number of nitro benzene ring substituents is 1.